The van der Waals surface area contributed by atoms with Crippen molar-refractivity contribution in [1.29, 1.82) is 0 Å². The summed E-state index contributed by atoms with van der Waals surface area (Å²) < 4.78 is 7.97. The summed E-state index contributed by atoms with van der Waals surface area (Å²) in [5.41, 5.74) is 2.38. The lowest BCUT2D eigenvalue weighted by molar-refractivity contribution is -0.141. The first-order chi connectivity index (χ1) is 17.9. The maximum atomic E-state index is 12.9. The smallest absolute Gasteiger partial charge is 0.247 e. The molecule has 1 aromatic carbocycles. The molecule has 0 unspecified atom stereocenters. The third-order valence-corrected chi connectivity index (χ3v) is 7.61. The molecule has 2 amide bonds. The number of aryl methyl sites for hydroxylation is 1. The average Bonchev–Trinajstić information content (AvgIpc) is 3.63. The summed E-state index contributed by atoms with van der Waals surface area (Å²) in [6.45, 7) is 3.03. The summed E-state index contributed by atoms with van der Waals surface area (Å²) in [5.74, 6) is 2.00. The zero-order valence-electron chi connectivity index (χ0n) is 20.2. The van der Waals surface area contributed by atoms with Crippen molar-refractivity contribution in [3.63, 3.8) is 0 Å². The molecule has 1 saturated carbocycles. The van der Waals surface area contributed by atoms with Gasteiger partial charge in [-0.1, -0.05) is 0 Å². The Morgan fingerprint density at radius 3 is 2.81 bits per heavy atom. The van der Waals surface area contributed by atoms with Crippen LogP contribution >= 0.6 is 15.9 Å². The molecule has 1 N–H and O–H groups in total. The van der Waals surface area contributed by atoms with Crippen molar-refractivity contribution in [3.05, 3.63) is 46.8 Å². The number of hydrogen-bond acceptors (Lipinski definition) is 8. The van der Waals surface area contributed by atoms with Crippen molar-refractivity contribution < 1.29 is 14.0 Å². The van der Waals surface area contributed by atoms with Crippen LogP contribution in [0.3, 0.4) is 0 Å². The van der Waals surface area contributed by atoms with E-state index in [9.17, 15) is 9.59 Å². The van der Waals surface area contributed by atoms with Crippen molar-refractivity contribution >= 4 is 38.8 Å². The van der Waals surface area contributed by atoms with E-state index in [-0.39, 0.29) is 24.3 Å². The average molecular weight is 565 g/mol. The molecular formula is C25H25BrN8O3. The summed E-state index contributed by atoms with van der Waals surface area (Å²) >= 11 is 3.53. The standard InChI is InChI=1S/C25H25BrN8O3/c1-14-30-31-24(37-14)16-4-6-18(7-5-16)34-23-19(22(26)32-34)12-28-20(29-23)11-15-2-3-17(10-15)25(36)33-9-8-27-21(35)13-33/h4-7,12,15,17H,2-3,8-11,13H2,1H3,(H,27,35)/t15-,17-/m1/s1. The van der Waals surface area contributed by atoms with E-state index in [2.05, 4.69) is 41.5 Å². The van der Waals surface area contributed by atoms with Gasteiger partial charge in [-0.15, -0.1) is 10.2 Å². The molecular weight excluding hydrogens is 540 g/mol. The highest BCUT2D eigenvalue weighted by atomic mass is 79.9. The number of nitrogens with zero attached hydrogens (tertiary/aromatic N) is 7. The Kier molecular flexibility index (Phi) is 6.19. The van der Waals surface area contributed by atoms with Gasteiger partial charge in [-0.25, -0.2) is 14.6 Å². The first-order valence-corrected chi connectivity index (χ1v) is 13.1. The Morgan fingerprint density at radius 1 is 1.22 bits per heavy atom. The summed E-state index contributed by atoms with van der Waals surface area (Å²) in [6.07, 6.45) is 5.05. The predicted molar refractivity (Wildman–Crippen MR) is 137 cm³/mol. The molecule has 3 aromatic heterocycles. The van der Waals surface area contributed by atoms with Gasteiger partial charge in [0.2, 0.25) is 23.6 Å². The van der Waals surface area contributed by atoms with Crippen LogP contribution in [-0.4, -0.2) is 66.3 Å². The predicted octanol–water partition coefficient (Wildman–Crippen LogP) is 2.85. The third kappa shape index (κ3) is 4.73. The van der Waals surface area contributed by atoms with Gasteiger partial charge >= 0.3 is 0 Å². The van der Waals surface area contributed by atoms with Crippen LogP contribution < -0.4 is 5.32 Å². The number of nitrogens with one attached hydrogen (secondary N) is 1. The van der Waals surface area contributed by atoms with Gasteiger partial charge in [0.05, 0.1) is 17.6 Å². The van der Waals surface area contributed by atoms with Gasteiger partial charge in [-0.05, 0) is 65.4 Å². The Labute approximate surface area is 220 Å². The number of hydrogen-bond donors (Lipinski definition) is 1. The van der Waals surface area contributed by atoms with Crippen LogP contribution in [0.5, 0.6) is 0 Å². The van der Waals surface area contributed by atoms with Gasteiger partial charge in [0.1, 0.15) is 10.4 Å². The summed E-state index contributed by atoms with van der Waals surface area (Å²) in [4.78, 5) is 35.7. The summed E-state index contributed by atoms with van der Waals surface area (Å²) in [6, 6.07) is 7.69. The van der Waals surface area contributed by atoms with Crippen molar-refractivity contribution in [2.45, 2.75) is 32.6 Å². The van der Waals surface area contributed by atoms with Crippen molar-refractivity contribution in [2.24, 2.45) is 11.8 Å². The molecule has 12 heteroatoms. The van der Waals surface area contributed by atoms with Crippen molar-refractivity contribution in [3.8, 4) is 17.1 Å². The number of piperazine rings is 1. The minimum Gasteiger partial charge on any atom is -0.421 e. The topological polar surface area (TPSA) is 132 Å². The lowest BCUT2D eigenvalue weighted by Crippen LogP contribution is -2.51. The maximum Gasteiger partial charge on any atom is 0.247 e. The van der Waals surface area contributed by atoms with Crippen molar-refractivity contribution in [1.82, 2.24) is 40.2 Å². The zero-order valence-corrected chi connectivity index (χ0v) is 21.8. The molecule has 0 radical (unpaired) electrons. The first kappa shape index (κ1) is 23.7. The van der Waals surface area contributed by atoms with Crippen LogP contribution in [0.25, 0.3) is 28.2 Å². The fourth-order valence-corrected chi connectivity index (χ4v) is 5.61. The number of aromatic nitrogens is 6. The number of benzene rings is 1. The van der Waals surface area contributed by atoms with Crippen LogP contribution in [0.4, 0.5) is 0 Å². The Hall–Kier alpha value is -3.67. The molecule has 2 aliphatic rings. The number of carbonyl (C=O) groups excluding carboxylic acids is 2. The molecule has 1 saturated heterocycles. The second kappa shape index (κ2) is 9.66. The highest BCUT2D eigenvalue weighted by molar-refractivity contribution is 9.10. The molecule has 6 rings (SSSR count). The van der Waals surface area contributed by atoms with Crippen LogP contribution in [0, 0.1) is 18.8 Å². The van der Waals surface area contributed by atoms with Gasteiger partial charge in [-0.2, -0.15) is 5.10 Å². The van der Waals surface area contributed by atoms with Crippen LogP contribution in [0.1, 0.15) is 31.0 Å². The summed E-state index contributed by atoms with van der Waals surface area (Å²) in [7, 11) is 0. The highest BCUT2D eigenvalue weighted by Gasteiger charge is 2.34. The van der Waals surface area contributed by atoms with Crippen molar-refractivity contribution in [2.75, 3.05) is 19.6 Å². The van der Waals surface area contributed by atoms with Gasteiger partial charge in [0, 0.05) is 44.1 Å². The minimum atomic E-state index is -0.0852. The summed E-state index contributed by atoms with van der Waals surface area (Å²) in [5, 5.41) is 16.2. The van der Waals surface area contributed by atoms with E-state index in [1.54, 1.807) is 22.7 Å². The first-order valence-electron chi connectivity index (χ1n) is 12.3. The Bertz CT molecular complexity index is 1480. The molecule has 4 aromatic rings. The largest absolute Gasteiger partial charge is 0.421 e. The normalized spacial score (nSPS) is 19.9. The van der Waals surface area contributed by atoms with E-state index in [1.807, 2.05) is 24.3 Å². The van der Waals surface area contributed by atoms with E-state index in [1.165, 1.54) is 0 Å². The number of halogens is 1. The molecule has 0 bridgehead atoms. The van der Waals surface area contributed by atoms with E-state index < -0.39 is 0 Å². The van der Waals surface area contributed by atoms with E-state index in [0.29, 0.717) is 47.5 Å². The molecule has 0 spiro atoms. The molecule has 4 heterocycles. The minimum absolute atomic E-state index is 0.0412. The Morgan fingerprint density at radius 2 is 2.05 bits per heavy atom. The van der Waals surface area contributed by atoms with E-state index in [4.69, 9.17) is 9.40 Å². The van der Waals surface area contributed by atoms with E-state index >= 15 is 0 Å². The van der Waals surface area contributed by atoms with Gasteiger partial charge < -0.3 is 14.6 Å². The maximum absolute atomic E-state index is 12.9. The lowest BCUT2D eigenvalue weighted by Gasteiger charge is -2.29. The second-order valence-electron chi connectivity index (χ2n) is 9.59. The third-order valence-electron chi connectivity index (χ3n) is 7.03. The quantitative estimate of drug-likeness (QED) is 0.391. The SMILES string of the molecule is Cc1nnc(-c2ccc(-n3nc(Br)c4cnc(C[C@@H]5CC[C@@H](C(=O)N6CCNC(=O)C6)C5)nc43)cc2)o1. The highest BCUT2D eigenvalue weighted by Crippen LogP contribution is 2.34. The number of fused-ring (bicyclic) bond motifs is 1. The van der Waals surface area contributed by atoms with Gasteiger partial charge in [-0.3, -0.25) is 9.59 Å². The fraction of sp³-hybridized carbons (Fsp3) is 0.400. The van der Waals surface area contributed by atoms with Gasteiger partial charge in [0.25, 0.3) is 0 Å². The number of carbonyl (C=O) groups is 2. The van der Waals surface area contributed by atoms with E-state index in [0.717, 1.165) is 41.7 Å². The molecule has 37 heavy (non-hydrogen) atoms. The number of amides is 2. The van der Waals surface area contributed by atoms with Crippen LogP contribution in [0.15, 0.2) is 39.5 Å². The fourth-order valence-electron chi connectivity index (χ4n) is 5.17. The van der Waals surface area contributed by atoms with Gasteiger partial charge in [0.15, 0.2) is 5.65 Å². The number of rotatable bonds is 5. The second-order valence-corrected chi connectivity index (χ2v) is 10.3. The molecule has 1 aliphatic carbocycles. The van der Waals surface area contributed by atoms with Crippen LogP contribution in [-0.2, 0) is 16.0 Å². The Balaban J connectivity index is 1.19. The molecule has 190 valence electrons. The molecule has 2 fully saturated rings. The monoisotopic (exact) mass is 564 g/mol. The molecule has 2 atom stereocenters. The lowest BCUT2D eigenvalue weighted by atomic mass is 10.00. The van der Waals surface area contributed by atoms with Crippen LogP contribution in [0.2, 0.25) is 0 Å². The molecule has 1 aliphatic heterocycles. The molecule has 11 nitrogen and oxygen atoms in total. The zero-order chi connectivity index (χ0) is 25.5.